The minimum atomic E-state index is 0.659. The van der Waals surface area contributed by atoms with E-state index >= 15 is 0 Å². The van der Waals surface area contributed by atoms with Crippen molar-refractivity contribution in [3.05, 3.63) is 164 Å². The van der Waals surface area contributed by atoms with Crippen LogP contribution in [0.5, 0.6) is 0 Å². The van der Waals surface area contributed by atoms with E-state index in [9.17, 15) is 0 Å². The Bertz CT molecular complexity index is 2820. The number of nitrogens with zero attached hydrogens (tertiary/aromatic N) is 3. The van der Waals surface area contributed by atoms with Crippen LogP contribution in [0, 0.1) is 0 Å². The Morgan fingerprint density at radius 3 is 1.58 bits per heavy atom. The predicted molar refractivity (Wildman–Crippen MR) is 207 cm³/mol. The number of rotatable bonds is 5. The lowest BCUT2D eigenvalue weighted by atomic mass is 9.93. The van der Waals surface area contributed by atoms with Crippen molar-refractivity contribution in [1.82, 2.24) is 15.0 Å². The van der Waals surface area contributed by atoms with Gasteiger partial charge in [-0.3, -0.25) is 0 Å². The van der Waals surface area contributed by atoms with Gasteiger partial charge in [0.15, 0.2) is 17.5 Å². The lowest BCUT2D eigenvalue weighted by Crippen LogP contribution is -1.99. The van der Waals surface area contributed by atoms with Crippen LogP contribution in [-0.4, -0.2) is 15.0 Å². The molecule has 0 fully saturated rings. The van der Waals surface area contributed by atoms with Gasteiger partial charge in [0, 0.05) is 53.2 Å². The number of hydrogen-bond acceptors (Lipinski definition) is 5. The van der Waals surface area contributed by atoms with Gasteiger partial charge >= 0.3 is 0 Å². The Kier molecular flexibility index (Phi) is 6.64. The second-order valence-electron chi connectivity index (χ2n) is 12.4. The maximum Gasteiger partial charge on any atom is 0.164 e. The van der Waals surface area contributed by atoms with Crippen molar-refractivity contribution in [2.75, 3.05) is 0 Å². The van der Waals surface area contributed by atoms with Gasteiger partial charge in [-0.25, -0.2) is 15.0 Å². The fraction of sp³-hybridized carbons (Fsp3) is 0. The zero-order valence-corrected chi connectivity index (χ0v) is 27.6. The summed E-state index contributed by atoms with van der Waals surface area (Å²) in [7, 11) is 0. The van der Waals surface area contributed by atoms with Crippen molar-refractivity contribution >= 4 is 53.4 Å². The molecule has 10 rings (SSSR count). The highest BCUT2D eigenvalue weighted by Crippen LogP contribution is 2.42. The topological polar surface area (TPSA) is 51.8 Å². The van der Waals surface area contributed by atoms with Gasteiger partial charge in [-0.2, -0.15) is 0 Å². The minimum absolute atomic E-state index is 0.659. The summed E-state index contributed by atoms with van der Waals surface area (Å²) in [5.41, 5.74) is 9.30. The number of aromatic nitrogens is 3. The van der Waals surface area contributed by atoms with E-state index in [4.69, 9.17) is 19.4 Å². The minimum Gasteiger partial charge on any atom is -0.455 e. The molecule has 0 unspecified atom stereocenters. The zero-order chi connectivity index (χ0) is 33.0. The van der Waals surface area contributed by atoms with E-state index in [0.717, 1.165) is 49.8 Å². The molecular weight excluding hydrogens is 631 g/mol. The lowest BCUT2D eigenvalue weighted by molar-refractivity contribution is 0.670. The molecule has 234 valence electrons. The number of benzene rings is 7. The van der Waals surface area contributed by atoms with Gasteiger partial charge in [-0.15, -0.1) is 11.3 Å². The fourth-order valence-corrected chi connectivity index (χ4v) is 8.13. The Morgan fingerprint density at radius 1 is 0.360 bits per heavy atom. The molecule has 0 amide bonds. The first-order chi connectivity index (χ1) is 24.8. The standard InChI is InChI=1S/C45H27N3OS/c1-3-12-28(13-4-1)43-46-44(29-14-5-2-6-15-29)48-45(47-43)31-23-25-36-35-24-22-30(26-40(35)50-41(36)27-31)32-16-7-8-17-33(32)37-19-11-20-38-34-18-9-10-21-39(34)49-42(37)38/h1-27H. The molecule has 4 nitrogen and oxygen atoms in total. The molecule has 7 aromatic carbocycles. The molecule has 3 aromatic heterocycles. The largest absolute Gasteiger partial charge is 0.455 e. The van der Waals surface area contributed by atoms with Crippen molar-refractivity contribution in [2.45, 2.75) is 0 Å². The quantitative estimate of drug-likeness (QED) is 0.185. The molecule has 0 bridgehead atoms. The average Bonchev–Trinajstić information content (AvgIpc) is 3.76. The van der Waals surface area contributed by atoms with Crippen molar-refractivity contribution in [3.63, 3.8) is 0 Å². The highest BCUT2D eigenvalue weighted by molar-refractivity contribution is 7.25. The van der Waals surface area contributed by atoms with Crippen LogP contribution in [0.25, 0.3) is 98.5 Å². The Balaban J connectivity index is 1.08. The number of hydrogen-bond donors (Lipinski definition) is 0. The lowest BCUT2D eigenvalue weighted by Gasteiger charge is -2.11. The Labute approximate surface area is 292 Å². The van der Waals surface area contributed by atoms with Crippen molar-refractivity contribution in [2.24, 2.45) is 0 Å². The van der Waals surface area contributed by atoms with E-state index in [1.54, 1.807) is 11.3 Å². The predicted octanol–water partition coefficient (Wildman–Crippen LogP) is 12.5. The molecule has 0 aliphatic rings. The van der Waals surface area contributed by atoms with Gasteiger partial charge in [-0.05, 0) is 34.9 Å². The molecule has 0 spiro atoms. The smallest absolute Gasteiger partial charge is 0.164 e. The summed E-state index contributed by atoms with van der Waals surface area (Å²) < 4.78 is 8.87. The summed E-state index contributed by atoms with van der Waals surface area (Å²) in [5.74, 6) is 1.98. The van der Waals surface area contributed by atoms with Crippen LogP contribution in [0.15, 0.2) is 168 Å². The van der Waals surface area contributed by atoms with Gasteiger partial charge in [0.05, 0.1) is 0 Å². The summed E-state index contributed by atoms with van der Waals surface area (Å²) in [4.78, 5) is 14.8. The zero-order valence-electron chi connectivity index (χ0n) is 26.7. The Hall–Kier alpha value is -6.43. The number of furan rings is 1. The molecule has 0 aliphatic carbocycles. The number of fused-ring (bicyclic) bond motifs is 6. The van der Waals surface area contributed by atoms with Gasteiger partial charge in [0.1, 0.15) is 11.2 Å². The molecule has 0 aliphatic heterocycles. The van der Waals surface area contributed by atoms with Gasteiger partial charge in [0.2, 0.25) is 0 Å². The summed E-state index contributed by atoms with van der Waals surface area (Å²) in [5, 5.41) is 4.73. The van der Waals surface area contributed by atoms with Crippen LogP contribution in [0.2, 0.25) is 0 Å². The van der Waals surface area contributed by atoms with Crippen LogP contribution in [0.4, 0.5) is 0 Å². The van der Waals surface area contributed by atoms with Crippen molar-refractivity contribution in [3.8, 4) is 56.4 Å². The number of thiophene rings is 1. The van der Waals surface area contributed by atoms with Crippen LogP contribution in [-0.2, 0) is 0 Å². The summed E-state index contributed by atoms with van der Waals surface area (Å²) in [6.07, 6.45) is 0. The third-order valence-corrected chi connectivity index (χ3v) is 10.5. The molecule has 3 heterocycles. The third-order valence-electron chi connectivity index (χ3n) is 9.36. The van der Waals surface area contributed by atoms with Crippen molar-refractivity contribution < 1.29 is 4.42 Å². The van der Waals surface area contributed by atoms with Crippen LogP contribution >= 0.6 is 11.3 Å². The van der Waals surface area contributed by atoms with E-state index in [2.05, 4.69) is 91.0 Å². The average molecular weight is 658 g/mol. The fourth-order valence-electron chi connectivity index (χ4n) is 6.95. The molecule has 5 heteroatoms. The van der Waals surface area contributed by atoms with E-state index in [1.165, 1.54) is 31.3 Å². The summed E-state index contributed by atoms with van der Waals surface area (Å²) in [6, 6.07) is 56.9. The van der Waals surface area contributed by atoms with Gasteiger partial charge in [-0.1, -0.05) is 146 Å². The first kappa shape index (κ1) is 28.6. The summed E-state index contributed by atoms with van der Waals surface area (Å²) in [6.45, 7) is 0. The Morgan fingerprint density at radius 2 is 0.880 bits per heavy atom. The maximum atomic E-state index is 6.44. The molecule has 0 radical (unpaired) electrons. The monoisotopic (exact) mass is 657 g/mol. The second-order valence-corrected chi connectivity index (χ2v) is 13.5. The first-order valence-corrected chi connectivity index (χ1v) is 17.4. The van der Waals surface area contributed by atoms with Crippen LogP contribution in [0.3, 0.4) is 0 Å². The van der Waals surface area contributed by atoms with Gasteiger partial charge < -0.3 is 4.42 Å². The van der Waals surface area contributed by atoms with Gasteiger partial charge in [0.25, 0.3) is 0 Å². The molecule has 10 aromatic rings. The normalized spacial score (nSPS) is 11.6. The third kappa shape index (κ3) is 4.79. The highest BCUT2D eigenvalue weighted by atomic mass is 32.1. The highest BCUT2D eigenvalue weighted by Gasteiger charge is 2.17. The van der Waals surface area contributed by atoms with E-state index in [0.29, 0.717) is 17.5 Å². The molecular formula is C45H27N3OS. The van der Waals surface area contributed by atoms with E-state index in [-0.39, 0.29) is 0 Å². The second kappa shape index (κ2) is 11.6. The maximum absolute atomic E-state index is 6.44. The molecule has 50 heavy (non-hydrogen) atoms. The molecule has 0 N–H and O–H groups in total. The number of para-hydroxylation sites is 2. The van der Waals surface area contributed by atoms with E-state index in [1.807, 2.05) is 72.8 Å². The molecule has 0 saturated carbocycles. The van der Waals surface area contributed by atoms with Crippen molar-refractivity contribution in [1.29, 1.82) is 0 Å². The van der Waals surface area contributed by atoms with Crippen LogP contribution < -0.4 is 0 Å². The molecule has 0 atom stereocenters. The molecule has 0 saturated heterocycles. The summed E-state index contributed by atoms with van der Waals surface area (Å²) >= 11 is 1.80. The van der Waals surface area contributed by atoms with Crippen LogP contribution in [0.1, 0.15) is 0 Å². The first-order valence-electron chi connectivity index (χ1n) is 16.6. The SMILES string of the molecule is c1ccc(-c2nc(-c3ccccc3)nc(-c3ccc4c(c3)sc3cc(-c5ccccc5-c5cccc6c5oc5ccccc56)ccc34)n2)cc1. The van der Waals surface area contributed by atoms with E-state index < -0.39 is 0 Å².